The topological polar surface area (TPSA) is 55.4 Å². The molecule has 0 fully saturated rings. The average Bonchev–Trinajstić information content (AvgIpc) is 2.78. The molecular weight excluding hydrogens is 466 g/mol. The number of halogens is 1. The van der Waals surface area contributed by atoms with Crippen molar-refractivity contribution in [2.24, 2.45) is 0 Å². The summed E-state index contributed by atoms with van der Waals surface area (Å²) < 4.78 is 6.59. The molecule has 1 aliphatic heterocycles. The van der Waals surface area contributed by atoms with Crippen LogP contribution in [0, 0.1) is 0 Å². The fourth-order valence-corrected chi connectivity index (χ4v) is 5.13. The second-order valence-corrected chi connectivity index (χ2v) is 9.43. The number of esters is 1. The molecule has 32 heavy (non-hydrogen) atoms. The number of dihydropyridines is 1. The van der Waals surface area contributed by atoms with Crippen LogP contribution in [0.4, 0.5) is 0 Å². The molecule has 0 radical (unpaired) electrons. The number of hydrogen-bond acceptors (Lipinski definition) is 4. The smallest absolute Gasteiger partial charge is 0.337 e. The number of carbonyl (C=O) groups is 2. The number of hydrogen-bond donors (Lipinski definition) is 1. The van der Waals surface area contributed by atoms with Gasteiger partial charge in [-0.05, 0) is 49.8 Å². The highest BCUT2D eigenvalue weighted by Gasteiger charge is 2.42. The third-order valence-corrected chi connectivity index (χ3v) is 7.14. The summed E-state index contributed by atoms with van der Waals surface area (Å²) in [6.45, 7) is 5.77. The van der Waals surface area contributed by atoms with Gasteiger partial charge in [-0.3, -0.25) is 4.79 Å². The molecule has 3 atom stereocenters. The van der Waals surface area contributed by atoms with Gasteiger partial charge in [-0.15, -0.1) is 0 Å². The van der Waals surface area contributed by atoms with Gasteiger partial charge < -0.3 is 10.1 Å². The molecule has 0 aromatic heterocycles. The Morgan fingerprint density at radius 2 is 1.81 bits per heavy atom. The van der Waals surface area contributed by atoms with Crippen molar-refractivity contribution in [2.45, 2.75) is 58.0 Å². The molecule has 1 N–H and O–H groups in total. The summed E-state index contributed by atoms with van der Waals surface area (Å²) in [6, 6.07) is 18.0. The van der Waals surface area contributed by atoms with Gasteiger partial charge in [0.25, 0.3) is 0 Å². The Kier molecular flexibility index (Phi) is 6.66. The molecule has 1 aliphatic carbocycles. The van der Waals surface area contributed by atoms with Gasteiger partial charge in [-0.2, -0.15) is 0 Å². The molecule has 0 unspecified atom stereocenters. The summed E-state index contributed by atoms with van der Waals surface area (Å²) in [7, 11) is 0. The molecule has 166 valence electrons. The van der Waals surface area contributed by atoms with Crippen LogP contribution in [0.2, 0.25) is 0 Å². The number of benzene rings is 2. The van der Waals surface area contributed by atoms with Crippen LogP contribution in [0.25, 0.3) is 0 Å². The zero-order valence-corrected chi connectivity index (χ0v) is 20.2. The molecule has 2 aromatic carbocycles. The first kappa shape index (κ1) is 22.5. The lowest BCUT2D eigenvalue weighted by Gasteiger charge is -2.37. The van der Waals surface area contributed by atoms with Crippen LogP contribution >= 0.6 is 15.9 Å². The van der Waals surface area contributed by atoms with Crippen molar-refractivity contribution >= 4 is 27.7 Å². The van der Waals surface area contributed by atoms with Crippen molar-refractivity contribution in [1.29, 1.82) is 0 Å². The standard InChI is InChI=1S/C27H28BrNO3/c1-4-16(2)32-27(31)24-17(3)29-22-14-19(18-10-6-5-7-11-18)15-23(30)26(22)25(24)20-12-8-9-13-21(20)28/h5-13,16,19,25,29H,4,14-15H2,1-3H3/t16-,19-,25+/m0/s1. The summed E-state index contributed by atoms with van der Waals surface area (Å²) >= 11 is 3.65. The van der Waals surface area contributed by atoms with Gasteiger partial charge in [0.15, 0.2) is 5.78 Å². The minimum Gasteiger partial charge on any atom is -0.459 e. The Morgan fingerprint density at radius 3 is 2.50 bits per heavy atom. The maximum Gasteiger partial charge on any atom is 0.337 e. The Bertz CT molecular complexity index is 1100. The van der Waals surface area contributed by atoms with Crippen LogP contribution in [0.5, 0.6) is 0 Å². The minimum absolute atomic E-state index is 0.0784. The number of rotatable bonds is 5. The summed E-state index contributed by atoms with van der Waals surface area (Å²) in [5.74, 6) is -0.622. The molecule has 0 bridgehead atoms. The van der Waals surface area contributed by atoms with Gasteiger partial charge in [0.2, 0.25) is 0 Å². The van der Waals surface area contributed by atoms with E-state index in [1.54, 1.807) is 0 Å². The molecular formula is C27H28BrNO3. The van der Waals surface area contributed by atoms with Crippen LogP contribution in [0.15, 0.2) is 81.6 Å². The largest absolute Gasteiger partial charge is 0.459 e. The van der Waals surface area contributed by atoms with Crippen molar-refractivity contribution in [3.63, 3.8) is 0 Å². The maximum absolute atomic E-state index is 13.6. The van der Waals surface area contributed by atoms with Gasteiger partial charge >= 0.3 is 5.97 Å². The Hall–Kier alpha value is -2.66. The number of allylic oxidation sites excluding steroid dienone is 3. The highest BCUT2D eigenvalue weighted by molar-refractivity contribution is 9.10. The molecule has 0 saturated heterocycles. The van der Waals surface area contributed by atoms with Gasteiger partial charge in [0, 0.05) is 33.8 Å². The molecule has 4 rings (SSSR count). The van der Waals surface area contributed by atoms with Crippen molar-refractivity contribution in [1.82, 2.24) is 5.32 Å². The molecule has 5 heteroatoms. The molecule has 2 aromatic rings. The Morgan fingerprint density at radius 1 is 1.12 bits per heavy atom. The summed E-state index contributed by atoms with van der Waals surface area (Å²) in [6.07, 6.45) is 1.70. The molecule has 1 heterocycles. The predicted octanol–water partition coefficient (Wildman–Crippen LogP) is 6.15. The van der Waals surface area contributed by atoms with Gasteiger partial charge in [0.1, 0.15) is 0 Å². The Labute approximate surface area is 197 Å². The summed E-state index contributed by atoms with van der Waals surface area (Å²) in [5.41, 5.74) is 4.93. The van der Waals surface area contributed by atoms with E-state index in [1.165, 1.54) is 0 Å². The molecule has 0 spiro atoms. The number of Topliss-reactive ketones (excluding diaryl/α,β-unsaturated/α-hetero) is 1. The zero-order valence-electron chi connectivity index (χ0n) is 18.7. The number of nitrogens with one attached hydrogen (secondary N) is 1. The van der Waals surface area contributed by atoms with Crippen molar-refractivity contribution in [2.75, 3.05) is 0 Å². The quantitative estimate of drug-likeness (QED) is 0.507. The third-order valence-electron chi connectivity index (χ3n) is 6.42. The van der Waals surface area contributed by atoms with Crippen LogP contribution in [-0.2, 0) is 14.3 Å². The lowest BCUT2D eigenvalue weighted by molar-refractivity contribution is -0.144. The van der Waals surface area contributed by atoms with Gasteiger partial charge in [-0.25, -0.2) is 4.79 Å². The van der Waals surface area contributed by atoms with E-state index in [-0.39, 0.29) is 23.8 Å². The highest BCUT2D eigenvalue weighted by atomic mass is 79.9. The number of ketones is 1. The summed E-state index contributed by atoms with van der Waals surface area (Å²) in [5, 5.41) is 3.41. The van der Waals surface area contributed by atoms with E-state index in [0.717, 1.165) is 39.8 Å². The molecule has 4 nitrogen and oxygen atoms in total. The van der Waals surface area contributed by atoms with Crippen LogP contribution < -0.4 is 5.32 Å². The first-order valence-corrected chi connectivity index (χ1v) is 11.9. The van der Waals surface area contributed by atoms with Gasteiger partial charge in [0.05, 0.1) is 11.7 Å². The Balaban J connectivity index is 1.80. The third kappa shape index (κ3) is 4.31. The first-order valence-electron chi connectivity index (χ1n) is 11.1. The van der Waals surface area contributed by atoms with Crippen LogP contribution in [0.1, 0.15) is 63.0 Å². The molecule has 2 aliphatic rings. The fourth-order valence-electron chi connectivity index (χ4n) is 4.62. The highest BCUT2D eigenvalue weighted by Crippen LogP contribution is 2.47. The number of ether oxygens (including phenoxy) is 1. The van der Waals surface area contributed by atoms with Crippen molar-refractivity contribution in [3.05, 3.63) is 92.7 Å². The van der Waals surface area contributed by atoms with Crippen LogP contribution in [0.3, 0.4) is 0 Å². The van der Waals surface area contributed by atoms with E-state index in [4.69, 9.17) is 4.74 Å². The molecule has 0 saturated carbocycles. The normalized spacial score (nSPS) is 21.7. The number of carbonyl (C=O) groups excluding carboxylic acids is 2. The monoisotopic (exact) mass is 493 g/mol. The van der Waals surface area contributed by atoms with E-state index in [2.05, 4.69) is 33.4 Å². The van der Waals surface area contributed by atoms with Crippen molar-refractivity contribution < 1.29 is 14.3 Å². The van der Waals surface area contributed by atoms with E-state index >= 15 is 0 Å². The first-order chi connectivity index (χ1) is 15.4. The van der Waals surface area contributed by atoms with Crippen molar-refractivity contribution in [3.8, 4) is 0 Å². The maximum atomic E-state index is 13.6. The average molecular weight is 494 g/mol. The lowest BCUT2D eigenvalue weighted by atomic mass is 9.72. The van der Waals surface area contributed by atoms with E-state index in [1.807, 2.05) is 63.2 Å². The fraction of sp³-hybridized carbons (Fsp3) is 0.333. The van der Waals surface area contributed by atoms with Gasteiger partial charge in [-0.1, -0.05) is 71.4 Å². The lowest BCUT2D eigenvalue weighted by Crippen LogP contribution is -2.36. The molecule has 0 amide bonds. The van der Waals surface area contributed by atoms with E-state index in [0.29, 0.717) is 17.6 Å². The van der Waals surface area contributed by atoms with E-state index < -0.39 is 5.92 Å². The van der Waals surface area contributed by atoms with E-state index in [9.17, 15) is 9.59 Å². The summed E-state index contributed by atoms with van der Waals surface area (Å²) in [4.78, 5) is 26.8. The SMILES string of the molecule is CC[C@H](C)OC(=O)C1=C(C)NC2=C(C(=O)C[C@@H](c3ccccc3)C2)[C@@H]1c1ccccc1Br. The predicted molar refractivity (Wildman–Crippen MR) is 129 cm³/mol. The second kappa shape index (κ2) is 9.45. The van der Waals surface area contributed by atoms with Crippen LogP contribution in [-0.4, -0.2) is 17.9 Å². The minimum atomic E-state index is -0.456. The second-order valence-electron chi connectivity index (χ2n) is 8.57. The zero-order chi connectivity index (χ0) is 22.8.